The van der Waals surface area contributed by atoms with Crippen molar-refractivity contribution >= 4 is 33.6 Å². The van der Waals surface area contributed by atoms with E-state index in [2.05, 4.69) is 10.6 Å². The maximum atomic E-state index is 13.0. The first-order valence-corrected chi connectivity index (χ1v) is 13.0. The highest BCUT2D eigenvalue weighted by atomic mass is 32.2. The van der Waals surface area contributed by atoms with Crippen LogP contribution in [-0.2, 0) is 24.3 Å². The number of sulfonamides is 1. The van der Waals surface area contributed by atoms with E-state index in [-0.39, 0.29) is 42.5 Å². The number of anilines is 1. The summed E-state index contributed by atoms with van der Waals surface area (Å²) in [6, 6.07) is 3.84. The standard InChI is InChI=1S/C22H30N4O7S/c1-2-33-18-6-5-16(34(30,31)25-11-13-32-14-12-25)15-17(18)23-19(27)7-10-26-20(28)22(24-21(26)29)8-3-4-9-22/h5-6,15H,2-4,7-14H2,1H3,(H,23,27)(H,24,29). The molecule has 1 aromatic carbocycles. The van der Waals surface area contributed by atoms with Crippen molar-refractivity contribution < 1.29 is 32.3 Å². The van der Waals surface area contributed by atoms with Crippen LogP contribution in [0.25, 0.3) is 0 Å². The highest BCUT2D eigenvalue weighted by molar-refractivity contribution is 7.89. The van der Waals surface area contributed by atoms with Gasteiger partial charge >= 0.3 is 6.03 Å². The second-order valence-electron chi connectivity index (χ2n) is 8.58. The van der Waals surface area contributed by atoms with E-state index >= 15 is 0 Å². The van der Waals surface area contributed by atoms with Crippen LogP contribution >= 0.6 is 0 Å². The predicted octanol–water partition coefficient (Wildman–Crippen LogP) is 1.30. The van der Waals surface area contributed by atoms with Gasteiger partial charge in [-0.05, 0) is 38.0 Å². The van der Waals surface area contributed by atoms with Crippen molar-refractivity contribution in [2.45, 2.75) is 49.5 Å². The summed E-state index contributed by atoms with van der Waals surface area (Å²) in [6.45, 7) is 3.20. The minimum absolute atomic E-state index is 0.0328. The van der Waals surface area contributed by atoms with E-state index in [0.29, 0.717) is 38.4 Å². The van der Waals surface area contributed by atoms with Crippen molar-refractivity contribution in [3.63, 3.8) is 0 Å². The molecule has 2 N–H and O–H groups in total. The number of carbonyl (C=O) groups excluding carboxylic acids is 3. The number of hydrogen-bond acceptors (Lipinski definition) is 7. The average molecular weight is 495 g/mol. The van der Waals surface area contributed by atoms with Crippen molar-refractivity contribution in [1.82, 2.24) is 14.5 Å². The number of rotatable bonds is 8. The lowest BCUT2D eigenvalue weighted by molar-refractivity contribution is -0.131. The molecule has 1 aromatic rings. The second kappa shape index (κ2) is 9.88. The molecule has 186 valence electrons. The van der Waals surface area contributed by atoms with Crippen LogP contribution in [0.15, 0.2) is 23.1 Å². The highest BCUT2D eigenvalue weighted by Crippen LogP contribution is 2.35. The molecule has 0 unspecified atom stereocenters. The van der Waals surface area contributed by atoms with Crippen LogP contribution in [0.3, 0.4) is 0 Å². The Bertz CT molecular complexity index is 1060. The Hall–Kier alpha value is -2.70. The first-order chi connectivity index (χ1) is 16.3. The minimum atomic E-state index is -3.76. The van der Waals surface area contributed by atoms with Gasteiger partial charge in [-0.1, -0.05) is 12.8 Å². The third kappa shape index (κ3) is 4.75. The molecule has 11 nitrogen and oxygen atoms in total. The fraction of sp³-hybridized carbons (Fsp3) is 0.591. The molecule has 1 aliphatic carbocycles. The lowest BCUT2D eigenvalue weighted by Crippen LogP contribution is -2.44. The minimum Gasteiger partial charge on any atom is -0.492 e. The summed E-state index contributed by atoms with van der Waals surface area (Å²) in [5, 5.41) is 5.47. The van der Waals surface area contributed by atoms with E-state index in [9.17, 15) is 22.8 Å². The molecule has 1 saturated carbocycles. The van der Waals surface area contributed by atoms with Crippen LogP contribution in [0.2, 0.25) is 0 Å². The number of amides is 4. The van der Waals surface area contributed by atoms with Gasteiger partial charge in [0.05, 0.1) is 30.4 Å². The fourth-order valence-corrected chi connectivity index (χ4v) is 6.04. The van der Waals surface area contributed by atoms with E-state index in [0.717, 1.165) is 17.7 Å². The smallest absolute Gasteiger partial charge is 0.325 e. The maximum absolute atomic E-state index is 13.0. The van der Waals surface area contributed by atoms with Crippen LogP contribution in [0.1, 0.15) is 39.0 Å². The van der Waals surface area contributed by atoms with Crippen molar-refractivity contribution in [3.05, 3.63) is 18.2 Å². The van der Waals surface area contributed by atoms with Gasteiger partial charge in [-0.25, -0.2) is 13.2 Å². The first-order valence-electron chi connectivity index (χ1n) is 11.6. The van der Waals surface area contributed by atoms with Crippen molar-refractivity contribution in [3.8, 4) is 5.75 Å². The van der Waals surface area contributed by atoms with Gasteiger partial charge in [-0.15, -0.1) is 0 Å². The normalized spacial score (nSPS) is 20.6. The monoisotopic (exact) mass is 494 g/mol. The number of morpholine rings is 1. The molecule has 3 fully saturated rings. The number of urea groups is 1. The lowest BCUT2D eigenvalue weighted by Gasteiger charge is -2.26. The third-order valence-electron chi connectivity index (χ3n) is 6.40. The number of carbonyl (C=O) groups is 3. The number of nitrogens with one attached hydrogen (secondary N) is 2. The number of benzene rings is 1. The Balaban J connectivity index is 1.45. The van der Waals surface area contributed by atoms with Gasteiger partial charge in [0.1, 0.15) is 11.3 Å². The molecule has 0 aromatic heterocycles. The van der Waals surface area contributed by atoms with Gasteiger partial charge in [-0.3, -0.25) is 14.5 Å². The molecule has 2 aliphatic heterocycles. The third-order valence-corrected chi connectivity index (χ3v) is 8.29. The van der Waals surface area contributed by atoms with Crippen LogP contribution in [0, 0.1) is 0 Å². The zero-order valence-electron chi connectivity index (χ0n) is 19.2. The molecule has 0 bridgehead atoms. The molecule has 12 heteroatoms. The summed E-state index contributed by atoms with van der Waals surface area (Å²) < 4.78 is 38.2. The van der Waals surface area contributed by atoms with Crippen molar-refractivity contribution in [2.75, 3.05) is 44.8 Å². The Morgan fingerprint density at radius 1 is 1.21 bits per heavy atom. The van der Waals surface area contributed by atoms with Crippen LogP contribution in [0.4, 0.5) is 10.5 Å². The van der Waals surface area contributed by atoms with E-state index < -0.39 is 27.5 Å². The van der Waals surface area contributed by atoms with E-state index in [1.165, 1.54) is 22.5 Å². The fourth-order valence-electron chi connectivity index (χ4n) is 4.61. The van der Waals surface area contributed by atoms with Gasteiger partial charge in [0.2, 0.25) is 15.9 Å². The first kappa shape index (κ1) is 24.4. The summed E-state index contributed by atoms with van der Waals surface area (Å²) >= 11 is 0. The molecule has 2 saturated heterocycles. The Labute approximate surface area is 198 Å². The predicted molar refractivity (Wildman–Crippen MR) is 122 cm³/mol. The van der Waals surface area contributed by atoms with Crippen molar-refractivity contribution in [1.29, 1.82) is 0 Å². The lowest BCUT2D eigenvalue weighted by atomic mass is 9.98. The summed E-state index contributed by atoms with van der Waals surface area (Å²) in [7, 11) is -3.76. The van der Waals surface area contributed by atoms with Gasteiger partial charge in [0.15, 0.2) is 0 Å². The maximum Gasteiger partial charge on any atom is 0.325 e. The van der Waals surface area contributed by atoms with Gasteiger partial charge in [0, 0.05) is 26.1 Å². The topological polar surface area (TPSA) is 134 Å². The van der Waals surface area contributed by atoms with Gasteiger partial charge in [0.25, 0.3) is 5.91 Å². The number of nitrogens with zero attached hydrogens (tertiary/aromatic N) is 2. The molecule has 4 amide bonds. The van der Waals surface area contributed by atoms with Crippen LogP contribution in [0.5, 0.6) is 5.75 Å². The molecule has 4 rings (SSSR count). The zero-order valence-corrected chi connectivity index (χ0v) is 20.0. The number of ether oxygens (including phenoxy) is 2. The van der Waals surface area contributed by atoms with E-state index in [1.54, 1.807) is 6.92 Å². The summed E-state index contributed by atoms with van der Waals surface area (Å²) in [4.78, 5) is 38.9. The summed E-state index contributed by atoms with van der Waals surface area (Å²) in [5.41, 5.74) is -0.608. The summed E-state index contributed by atoms with van der Waals surface area (Å²) in [5.74, 6) is -0.414. The summed E-state index contributed by atoms with van der Waals surface area (Å²) in [6.07, 6.45) is 2.86. The van der Waals surface area contributed by atoms with Crippen LogP contribution < -0.4 is 15.4 Å². The second-order valence-corrected chi connectivity index (χ2v) is 10.5. The molecule has 2 heterocycles. The molecular formula is C22H30N4O7S. The Morgan fingerprint density at radius 3 is 2.59 bits per heavy atom. The SMILES string of the molecule is CCOc1ccc(S(=O)(=O)N2CCOCC2)cc1NC(=O)CCN1C(=O)NC2(CCCC2)C1=O. The number of imide groups is 1. The zero-order chi connectivity index (χ0) is 24.3. The Kier molecular flexibility index (Phi) is 7.10. The van der Waals surface area contributed by atoms with Gasteiger partial charge in [-0.2, -0.15) is 4.31 Å². The van der Waals surface area contributed by atoms with Crippen LogP contribution in [-0.4, -0.2) is 80.5 Å². The average Bonchev–Trinajstić information content (AvgIpc) is 3.38. The molecule has 0 radical (unpaired) electrons. The van der Waals surface area contributed by atoms with Gasteiger partial charge < -0.3 is 20.1 Å². The largest absolute Gasteiger partial charge is 0.492 e. The van der Waals surface area contributed by atoms with Crippen molar-refractivity contribution in [2.24, 2.45) is 0 Å². The Morgan fingerprint density at radius 2 is 1.91 bits per heavy atom. The highest BCUT2D eigenvalue weighted by Gasteiger charge is 2.52. The number of hydrogen-bond donors (Lipinski definition) is 2. The van der Waals surface area contributed by atoms with E-state index in [4.69, 9.17) is 9.47 Å². The molecule has 1 spiro atoms. The molecule has 0 atom stereocenters. The quantitative estimate of drug-likeness (QED) is 0.520. The molecule has 3 aliphatic rings. The molecular weight excluding hydrogens is 464 g/mol. The van der Waals surface area contributed by atoms with E-state index in [1.807, 2.05) is 0 Å². The molecule has 34 heavy (non-hydrogen) atoms.